The Morgan fingerprint density at radius 2 is 2.05 bits per heavy atom. The van der Waals surface area contributed by atoms with E-state index in [1.807, 2.05) is 26.8 Å². The van der Waals surface area contributed by atoms with Crippen molar-refractivity contribution in [2.24, 2.45) is 5.92 Å². The van der Waals surface area contributed by atoms with Crippen LogP contribution in [0.5, 0.6) is 0 Å². The van der Waals surface area contributed by atoms with Gasteiger partial charge in [0.15, 0.2) is 0 Å². The Morgan fingerprint density at radius 3 is 2.71 bits per heavy atom. The second-order valence-corrected chi connectivity index (χ2v) is 7.78. The molecule has 6 heteroatoms. The molecule has 21 heavy (non-hydrogen) atoms. The normalized spacial score (nSPS) is 14.3. The fourth-order valence-electron chi connectivity index (χ4n) is 1.95. The molecule has 0 radical (unpaired) electrons. The summed E-state index contributed by atoms with van der Waals surface area (Å²) in [7, 11) is -2.94. The van der Waals surface area contributed by atoms with Gasteiger partial charge in [0, 0.05) is 29.9 Å². The summed E-state index contributed by atoms with van der Waals surface area (Å²) in [6, 6.07) is 6.74. The molecule has 0 saturated carbocycles. The van der Waals surface area contributed by atoms with E-state index in [4.69, 9.17) is 8.94 Å². The molecule has 1 N–H and O–H groups in total. The van der Waals surface area contributed by atoms with E-state index >= 15 is 0 Å². The van der Waals surface area contributed by atoms with Gasteiger partial charge in [-0.15, -0.1) is 0 Å². The molecule has 0 aliphatic rings. The van der Waals surface area contributed by atoms with E-state index in [2.05, 4.69) is 5.09 Å². The van der Waals surface area contributed by atoms with E-state index in [0.29, 0.717) is 23.8 Å². The van der Waals surface area contributed by atoms with E-state index in [-0.39, 0.29) is 0 Å². The lowest BCUT2D eigenvalue weighted by Gasteiger charge is -2.17. The zero-order chi connectivity index (χ0) is 15.6. The highest BCUT2D eigenvalue weighted by Gasteiger charge is 2.17. The molecule has 114 valence electrons. The maximum atomic E-state index is 12.3. The van der Waals surface area contributed by atoms with Crippen LogP contribution in [0.2, 0.25) is 0 Å². The number of nitrogens with one attached hydrogen (secondary N) is 1. The Bertz CT molecular complexity index is 751. The average Bonchev–Trinajstić information content (AvgIpc) is 2.35. The number of benzene rings is 1. The molecule has 1 unspecified atom stereocenters. The summed E-state index contributed by atoms with van der Waals surface area (Å²) in [5.41, 5.74) is 1.52. The summed E-state index contributed by atoms with van der Waals surface area (Å²) in [5, 5.41) is 3.73. The summed E-state index contributed by atoms with van der Waals surface area (Å²) in [5.74, 6) is 0.303. The second-order valence-electron chi connectivity index (χ2n) is 5.61. The van der Waals surface area contributed by atoms with Gasteiger partial charge in [0.2, 0.25) is 0 Å². The Labute approximate surface area is 123 Å². The molecule has 0 spiro atoms. The van der Waals surface area contributed by atoms with Crippen LogP contribution < -0.4 is 10.7 Å². The highest BCUT2D eigenvalue weighted by Crippen LogP contribution is 2.43. The maximum Gasteiger partial charge on any atom is 0.336 e. The second kappa shape index (κ2) is 6.04. The first-order chi connectivity index (χ1) is 9.77. The van der Waals surface area contributed by atoms with E-state index in [1.165, 1.54) is 12.7 Å². The molecule has 1 aromatic heterocycles. The van der Waals surface area contributed by atoms with Crippen molar-refractivity contribution in [1.82, 2.24) is 0 Å². The molecule has 5 nitrogen and oxygen atoms in total. The van der Waals surface area contributed by atoms with Gasteiger partial charge in [-0.05, 0) is 30.5 Å². The number of hydrogen-bond acceptors (Lipinski definition) is 4. The molecule has 1 atom stereocenters. The van der Waals surface area contributed by atoms with Crippen LogP contribution in [0, 0.1) is 12.8 Å². The van der Waals surface area contributed by atoms with Crippen molar-refractivity contribution in [1.29, 1.82) is 0 Å². The third-order valence-electron chi connectivity index (χ3n) is 2.94. The molecule has 0 aliphatic heterocycles. The molecule has 2 rings (SSSR count). The van der Waals surface area contributed by atoms with Crippen molar-refractivity contribution < 1.29 is 13.5 Å². The quantitative estimate of drug-likeness (QED) is 0.667. The SMILES string of the molecule is Cc1cc(=O)oc2cc(NP(C)(=O)OCC(C)C)ccc12. The zero-order valence-electron chi connectivity index (χ0n) is 12.7. The highest BCUT2D eigenvalue weighted by molar-refractivity contribution is 7.59. The van der Waals surface area contributed by atoms with Crippen molar-refractivity contribution in [3.8, 4) is 0 Å². The van der Waals surface area contributed by atoms with Crippen molar-refractivity contribution in [3.63, 3.8) is 0 Å². The first kappa shape index (κ1) is 15.8. The molecule has 0 bridgehead atoms. The zero-order valence-corrected chi connectivity index (χ0v) is 13.6. The van der Waals surface area contributed by atoms with Gasteiger partial charge in [-0.2, -0.15) is 0 Å². The molecule has 0 aliphatic carbocycles. The van der Waals surface area contributed by atoms with Gasteiger partial charge in [-0.25, -0.2) is 4.79 Å². The minimum Gasteiger partial charge on any atom is -0.423 e. The summed E-state index contributed by atoms with van der Waals surface area (Å²) in [6.45, 7) is 7.79. The van der Waals surface area contributed by atoms with Gasteiger partial charge < -0.3 is 14.0 Å². The molecular weight excluding hydrogens is 289 g/mol. The molecule has 1 aromatic carbocycles. The number of hydrogen-bond donors (Lipinski definition) is 1. The Morgan fingerprint density at radius 1 is 1.33 bits per heavy atom. The van der Waals surface area contributed by atoms with Gasteiger partial charge in [0.1, 0.15) is 5.58 Å². The fourth-order valence-corrected chi connectivity index (χ4v) is 3.21. The number of rotatable bonds is 5. The van der Waals surface area contributed by atoms with Gasteiger partial charge in [-0.3, -0.25) is 4.57 Å². The Balaban J connectivity index is 2.27. The largest absolute Gasteiger partial charge is 0.423 e. The smallest absolute Gasteiger partial charge is 0.336 e. The van der Waals surface area contributed by atoms with Crippen molar-refractivity contribution in [3.05, 3.63) is 40.2 Å². The lowest BCUT2D eigenvalue weighted by atomic mass is 10.1. The van der Waals surface area contributed by atoms with Crippen LogP contribution in [-0.4, -0.2) is 13.3 Å². The lowest BCUT2D eigenvalue weighted by molar-refractivity contribution is 0.276. The van der Waals surface area contributed by atoms with Crippen LogP contribution in [-0.2, 0) is 9.09 Å². The lowest BCUT2D eigenvalue weighted by Crippen LogP contribution is -2.05. The molecule has 0 fully saturated rings. The summed E-state index contributed by atoms with van der Waals surface area (Å²) >= 11 is 0. The monoisotopic (exact) mass is 309 g/mol. The summed E-state index contributed by atoms with van der Waals surface area (Å²) in [4.78, 5) is 11.4. The standard InChI is InChI=1S/C15H20NO4P/c1-10(2)9-19-21(4,18)16-12-5-6-13-11(3)7-15(17)20-14(13)8-12/h5-8,10H,9H2,1-4H3,(H,16,18). The van der Waals surface area contributed by atoms with Gasteiger partial charge in [0.25, 0.3) is 7.52 Å². The van der Waals surface area contributed by atoms with E-state index in [9.17, 15) is 9.36 Å². The van der Waals surface area contributed by atoms with Gasteiger partial charge in [0.05, 0.1) is 6.61 Å². The molecule has 1 heterocycles. The van der Waals surface area contributed by atoms with E-state index < -0.39 is 13.1 Å². The maximum absolute atomic E-state index is 12.3. The van der Waals surface area contributed by atoms with Crippen molar-refractivity contribution in [2.75, 3.05) is 18.4 Å². The average molecular weight is 309 g/mol. The Kier molecular flexibility index (Phi) is 4.55. The van der Waals surface area contributed by atoms with Crippen LogP contribution in [0.15, 0.2) is 33.5 Å². The minimum atomic E-state index is -2.94. The highest BCUT2D eigenvalue weighted by atomic mass is 31.2. The fraction of sp³-hybridized carbons (Fsp3) is 0.400. The van der Waals surface area contributed by atoms with Crippen LogP contribution in [0.3, 0.4) is 0 Å². The molecule has 0 amide bonds. The number of aryl methyl sites for hydroxylation is 1. The van der Waals surface area contributed by atoms with E-state index in [1.54, 1.807) is 12.1 Å². The third kappa shape index (κ3) is 4.19. The van der Waals surface area contributed by atoms with Gasteiger partial charge in [-0.1, -0.05) is 13.8 Å². The van der Waals surface area contributed by atoms with Crippen LogP contribution in [0.4, 0.5) is 5.69 Å². The van der Waals surface area contributed by atoms with Crippen LogP contribution >= 0.6 is 7.52 Å². The predicted molar refractivity (Wildman–Crippen MR) is 85.2 cm³/mol. The minimum absolute atomic E-state index is 0.303. The predicted octanol–water partition coefficient (Wildman–Crippen LogP) is 4.01. The van der Waals surface area contributed by atoms with Crippen molar-refractivity contribution in [2.45, 2.75) is 20.8 Å². The first-order valence-electron chi connectivity index (χ1n) is 6.82. The topological polar surface area (TPSA) is 68.5 Å². The van der Waals surface area contributed by atoms with E-state index in [0.717, 1.165) is 10.9 Å². The van der Waals surface area contributed by atoms with Gasteiger partial charge >= 0.3 is 5.63 Å². The van der Waals surface area contributed by atoms with Crippen LogP contribution in [0.25, 0.3) is 11.0 Å². The summed E-state index contributed by atoms with van der Waals surface area (Å²) < 4.78 is 22.9. The molecule has 0 saturated heterocycles. The molecule has 2 aromatic rings. The molecular formula is C15H20NO4P. The summed E-state index contributed by atoms with van der Waals surface area (Å²) in [6.07, 6.45) is 0. The number of anilines is 1. The third-order valence-corrected chi connectivity index (χ3v) is 4.24. The first-order valence-corrected chi connectivity index (χ1v) is 8.89. The van der Waals surface area contributed by atoms with Crippen LogP contribution in [0.1, 0.15) is 19.4 Å². The Hall–Kier alpha value is -1.58. The number of fused-ring (bicyclic) bond motifs is 1. The van der Waals surface area contributed by atoms with Crippen molar-refractivity contribution >= 4 is 24.2 Å².